The summed E-state index contributed by atoms with van der Waals surface area (Å²) in [4.78, 5) is -0.0953. The van der Waals surface area contributed by atoms with E-state index in [0.717, 1.165) is 3.57 Å². The van der Waals surface area contributed by atoms with Crippen LogP contribution in [0, 0.1) is 21.8 Å². The van der Waals surface area contributed by atoms with Crippen molar-refractivity contribution in [1.29, 1.82) is 5.26 Å². The third-order valence-corrected chi connectivity index (χ3v) is 3.72. The maximum absolute atomic E-state index is 11.2. The second-order valence-electron chi connectivity index (χ2n) is 2.65. The molecule has 0 fully saturated rings. The number of halogens is 2. The van der Waals surface area contributed by atoms with Gasteiger partial charge in [0, 0.05) is 14.3 Å². The maximum Gasteiger partial charge on any atom is 0.262 e. The van der Waals surface area contributed by atoms with E-state index in [1.165, 1.54) is 6.07 Å². The first-order valence-corrected chi connectivity index (χ1v) is 6.90. The molecule has 0 aliphatic rings. The monoisotopic (exact) mass is 341 g/mol. The lowest BCUT2D eigenvalue weighted by molar-refractivity contribution is 0.609. The Bertz CT molecular complexity index is 519. The molecule has 1 aromatic rings. The fourth-order valence-electron chi connectivity index (χ4n) is 1.14. The minimum atomic E-state index is -3.85. The fraction of sp³-hybridized carbons (Fsp3) is 0.125. The van der Waals surface area contributed by atoms with Gasteiger partial charge in [0.25, 0.3) is 9.05 Å². The molecule has 3 nitrogen and oxygen atoms in total. The molecule has 0 aromatic heterocycles. The van der Waals surface area contributed by atoms with Gasteiger partial charge >= 0.3 is 0 Å². The largest absolute Gasteiger partial charge is 0.262 e. The molecule has 74 valence electrons. The van der Waals surface area contributed by atoms with E-state index < -0.39 is 9.05 Å². The molecule has 0 aliphatic heterocycles. The molecular weight excluding hydrogens is 337 g/mol. The van der Waals surface area contributed by atoms with E-state index in [4.69, 9.17) is 15.9 Å². The van der Waals surface area contributed by atoms with Crippen LogP contribution in [0.2, 0.25) is 0 Å². The molecule has 1 aromatic carbocycles. The zero-order valence-corrected chi connectivity index (χ0v) is 10.8. The predicted octanol–water partition coefficient (Wildman–Crippen LogP) is 2.40. The summed E-state index contributed by atoms with van der Waals surface area (Å²) in [5.74, 6) is 0. The lowest BCUT2D eigenvalue weighted by Gasteiger charge is -2.04. The van der Waals surface area contributed by atoms with Gasteiger partial charge in [0.1, 0.15) is 11.0 Å². The normalized spacial score (nSPS) is 11.0. The first kappa shape index (κ1) is 11.8. The van der Waals surface area contributed by atoms with Gasteiger partial charge in [0.15, 0.2) is 0 Å². The third kappa shape index (κ3) is 2.38. The zero-order chi connectivity index (χ0) is 10.9. The molecule has 0 radical (unpaired) electrons. The van der Waals surface area contributed by atoms with Gasteiger partial charge in [-0.15, -0.1) is 0 Å². The number of nitrogens with zero attached hydrogens (tertiary/aromatic N) is 1. The maximum atomic E-state index is 11.2. The highest BCUT2D eigenvalue weighted by Gasteiger charge is 2.19. The number of benzene rings is 1. The van der Waals surface area contributed by atoms with Crippen molar-refractivity contribution in [3.8, 4) is 6.07 Å². The summed E-state index contributed by atoms with van der Waals surface area (Å²) < 4.78 is 23.1. The Morgan fingerprint density at radius 1 is 1.50 bits per heavy atom. The Balaban J connectivity index is 3.68. The molecule has 1 rings (SSSR count). The van der Waals surface area contributed by atoms with Crippen molar-refractivity contribution in [2.45, 2.75) is 11.8 Å². The van der Waals surface area contributed by atoms with Crippen LogP contribution in [0.15, 0.2) is 17.0 Å². The van der Waals surface area contributed by atoms with Crippen molar-refractivity contribution >= 4 is 42.3 Å². The highest BCUT2D eigenvalue weighted by molar-refractivity contribution is 14.1. The third-order valence-electron chi connectivity index (χ3n) is 1.60. The highest BCUT2D eigenvalue weighted by atomic mass is 127. The van der Waals surface area contributed by atoms with Crippen LogP contribution < -0.4 is 0 Å². The summed E-state index contributed by atoms with van der Waals surface area (Å²) in [6, 6.07) is 4.97. The number of hydrogen-bond donors (Lipinski definition) is 0. The second kappa shape index (κ2) is 4.04. The molecular formula is C8H5ClINO2S. The lowest BCUT2D eigenvalue weighted by Crippen LogP contribution is -1.99. The van der Waals surface area contributed by atoms with E-state index in [1.807, 2.05) is 28.7 Å². The van der Waals surface area contributed by atoms with Gasteiger partial charge in [0.2, 0.25) is 0 Å². The Kier molecular flexibility index (Phi) is 3.40. The molecule has 0 atom stereocenters. The summed E-state index contributed by atoms with van der Waals surface area (Å²) in [6.07, 6.45) is 0. The van der Waals surface area contributed by atoms with Crippen molar-refractivity contribution < 1.29 is 8.42 Å². The summed E-state index contributed by atoms with van der Waals surface area (Å²) in [5.41, 5.74) is 0.577. The molecule has 0 amide bonds. The van der Waals surface area contributed by atoms with Crippen molar-refractivity contribution in [2.24, 2.45) is 0 Å². The zero-order valence-electron chi connectivity index (χ0n) is 7.08. The van der Waals surface area contributed by atoms with Crippen LogP contribution in [0.5, 0.6) is 0 Å². The molecule has 0 spiro atoms. The van der Waals surface area contributed by atoms with E-state index in [1.54, 1.807) is 13.0 Å². The lowest BCUT2D eigenvalue weighted by atomic mass is 10.1. The van der Waals surface area contributed by atoms with Gasteiger partial charge in [-0.3, -0.25) is 0 Å². The van der Waals surface area contributed by atoms with E-state index in [0.29, 0.717) is 5.56 Å². The Morgan fingerprint density at radius 2 is 2.07 bits per heavy atom. The van der Waals surface area contributed by atoms with Crippen LogP contribution in [0.3, 0.4) is 0 Å². The highest BCUT2D eigenvalue weighted by Crippen LogP contribution is 2.25. The minimum Gasteiger partial charge on any atom is -0.207 e. The van der Waals surface area contributed by atoms with Gasteiger partial charge in [-0.05, 0) is 47.2 Å². The standard InChI is InChI=1S/C8H5ClINO2S/c1-5-2-7(10)3-6(4-11)8(5)14(9,12)13/h2-3H,1H3. The van der Waals surface area contributed by atoms with Gasteiger partial charge in [0.05, 0.1) is 5.56 Å². The van der Waals surface area contributed by atoms with Crippen LogP contribution in [-0.2, 0) is 9.05 Å². The fourth-order valence-corrected chi connectivity index (χ4v) is 3.34. The molecule has 0 N–H and O–H groups in total. The predicted molar refractivity (Wildman–Crippen MR) is 61.6 cm³/mol. The van der Waals surface area contributed by atoms with E-state index in [-0.39, 0.29) is 10.5 Å². The van der Waals surface area contributed by atoms with Crippen molar-refractivity contribution in [1.82, 2.24) is 0 Å². The first-order chi connectivity index (χ1) is 6.36. The van der Waals surface area contributed by atoms with Gasteiger partial charge in [-0.2, -0.15) is 5.26 Å². The van der Waals surface area contributed by atoms with Crippen LogP contribution in [-0.4, -0.2) is 8.42 Å². The molecule has 0 saturated heterocycles. The van der Waals surface area contributed by atoms with Crippen LogP contribution in [0.1, 0.15) is 11.1 Å². The van der Waals surface area contributed by atoms with Gasteiger partial charge in [-0.25, -0.2) is 8.42 Å². The molecule has 0 bridgehead atoms. The molecule has 0 unspecified atom stereocenters. The van der Waals surface area contributed by atoms with E-state index >= 15 is 0 Å². The van der Waals surface area contributed by atoms with E-state index in [9.17, 15) is 8.42 Å². The van der Waals surface area contributed by atoms with Crippen molar-refractivity contribution in [3.63, 3.8) is 0 Å². The Morgan fingerprint density at radius 3 is 2.50 bits per heavy atom. The SMILES string of the molecule is Cc1cc(I)cc(C#N)c1S(=O)(=O)Cl. The average molecular weight is 342 g/mol. The summed E-state index contributed by atoms with van der Waals surface area (Å²) in [7, 11) is 1.37. The Labute approximate surface area is 100 Å². The van der Waals surface area contributed by atoms with Crippen LogP contribution >= 0.6 is 33.3 Å². The molecule has 6 heteroatoms. The first-order valence-electron chi connectivity index (χ1n) is 3.51. The average Bonchev–Trinajstić information content (AvgIpc) is 1.99. The number of aryl methyl sites for hydroxylation is 1. The second-order valence-corrected chi connectivity index (χ2v) is 6.40. The topological polar surface area (TPSA) is 57.9 Å². The molecule has 0 saturated carbocycles. The smallest absolute Gasteiger partial charge is 0.207 e. The summed E-state index contributed by atoms with van der Waals surface area (Å²) in [6.45, 7) is 1.61. The Hall–Kier alpha value is -0.320. The van der Waals surface area contributed by atoms with Crippen molar-refractivity contribution in [3.05, 3.63) is 26.8 Å². The van der Waals surface area contributed by atoms with Gasteiger partial charge < -0.3 is 0 Å². The summed E-state index contributed by atoms with van der Waals surface area (Å²) in [5, 5.41) is 8.75. The molecule has 0 heterocycles. The number of rotatable bonds is 1. The molecule has 0 aliphatic carbocycles. The summed E-state index contributed by atoms with van der Waals surface area (Å²) >= 11 is 2.01. The van der Waals surface area contributed by atoms with Gasteiger partial charge in [-0.1, -0.05) is 0 Å². The van der Waals surface area contributed by atoms with E-state index in [2.05, 4.69) is 0 Å². The minimum absolute atomic E-state index is 0.0874. The van der Waals surface area contributed by atoms with Crippen molar-refractivity contribution in [2.75, 3.05) is 0 Å². The number of nitriles is 1. The van der Waals surface area contributed by atoms with Crippen LogP contribution in [0.4, 0.5) is 0 Å². The molecule has 14 heavy (non-hydrogen) atoms. The quantitative estimate of drug-likeness (QED) is 0.582. The number of hydrogen-bond acceptors (Lipinski definition) is 3. The van der Waals surface area contributed by atoms with Crippen LogP contribution in [0.25, 0.3) is 0 Å².